The Morgan fingerprint density at radius 1 is 0.840 bits per heavy atom. The van der Waals surface area contributed by atoms with Gasteiger partial charge in [-0.05, 0) is 55.0 Å². The maximum atomic E-state index is 11.6. The van der Waals surface area contributed by atoms with Gasteiger partial charge in [-0.15, -0.1) is 0 Å². The first-order chi connectivity index (χ1) is 12.2. The molecule has 0 aromatic heterocycles. The smallest absolute Gasteiger partial charge is 0.319 e. The molecule has 2 aromatic rings. The Bertz CT molecular complexity index is 641. The van der Waals surface area contributed by atoms with Crippen molar-refractivity contribution in [3.05, 3.63) is 48.5 Å². The largest absolute Gasteiger partial charge is 0.497 e. The number of benzene rings is 2. The summed E-state index contributed by atoms with van der Waals surface area (Å²) in [6, 6.07) is 15.3. The fourth-order valence-electron chi connectivity index (χ4n) is 2.21. The van der Waals surface area contributed by atoms with Crippen LogP contribution in [0.4, 0.5) is 21.9 Å². The van der Waals surface area contributed by atoms with Crippen molar-refractivity contribution in [3.63, 3.8) is 0 Å². The van der Waals surface area contributed by atoms with E-state index < -0.39 is 0 Å². The third-order valence-corrected chi connectivity index (χ3v) is 3.55. The van der Waals surface area contributed by atoms with E-state index in [-0.39, 0.29) is 6.03 Å². The molecule has 0 atom stereocenters. The molecule has 2 aromatic carbocycles. The minimum absolute atomic E-state index is 0.175. The summed E-state index contributed by atoms with van der Waals surface area (Å²) in [5, 5.41) is 12.3. The Labute approximate surface area is 149 Å². The second-order valence-corrected chi connectivity index (χ2v) is 5.54. The maximum absolute atomic E-state index is 11.6. The predicted molar refractivity (Wildman–Crippen MR) is 104 cm³/mol. The van der Waals surface area contributed by atoms with Gasteiger partial charge in [0, 0.05) is 36.7 Å². The SMILES string of the molecule is CCCNC(=O)Nc1ccc(NCCNc2ccc(OC)cc2)cc1. The van der Waals surface area contributed by atoms with E-state index in [1.807, 2.05) is 55.5 Å². The zero-order valence-corrected chi connectivity index (χ0v) is 14.8. The molecule has 0 radical (unpaired) electrons. The molecule has 6 heteroatoms. The first-order valence-corrected chi connectivity index (χ1v) is 8.48. The van der Waals surface area contributed by atoms with Gasteiger partial charge in [0.05, 0.1) is 7.11 Å². The third kappa shape index (κ3) is 6.63. The zero-order chi connectivity index (χ0) is 17.9. The van der Waals surface area contributed by atoms with Crippen LogP contribution >= 0.6 is 0 Å². The summed E-state index contributed by atoms with van der Waals surface area (Å²) in [7, 11) is 1.66. The number of carbonyl (C=O) groups is 1. The number of ether oxygens (including phenoxy) is 1. The van der Waals surface area contributed by atoms with Crippen molar-refractivity contribution in [1.29, 1.82) is 0 Å². The monoisotopic (exact) mass is 342 g/mol. The van der Waals surface area contributed by atoms with Gasteiger partial charge < -0.3 is 26.0 Å². The minimum Gasteiger partial charge on any atom is -0.497 e. The molecule has 0 bridgehead atoms. The molecular weight excluding hydrogens is 316 g/mol. The average Bonchev–Trinajstić information content (AvgIpc) is 2.65. The molecule has 134 valence electrons. The van der Waals surface area contributed by atoms with E-state index >= 15 is 0 Å². The van der Waals surface area contributed by atoms with Crippen LogP contribution in [0.3, 0.4) is 0 Å². The summed E-state index contributed by atoms with van der Waals surface area (Å²) in [6.45, 7) is 4.28. The molecule has 2 amide bonds. The number of hydrogen-bond donors (Lipinski definition) is 4. The van der Waals surface area contributed by atoms with Crippen LogP contribution in [0.25, 0.3) is 0 Å². The Hall–Kier alpha value is -2.89. The van der Waals surface area contributed by atoms with Crippen molar-refractivity contribution in [2.24, 2.45) is 0 Å². The summed E-state index contributed by atoms with van der Waals surface area (Å²) >= 11 is 0. The van der Waals surface area contributed by atoms with E-state index in [9.17, 15) is 4.79 Å². The topological polar surface area (TPSA) is 74.4 Å². The fourth-order valence-corrected chi connectivity index (χ4v) is 2.21. The van der Waals surface area contributed by atoms with Crippen LogP contribution in [0, 0.1) is 0 Å². The second-order valence-electron chi connectivity index (χ2n) is 5.54. The van der Waals surface area contributed by atoms with E-state index in [0.717, 1.165) is 42.3 Å². The lowest BCUT2D eigenvalue weighted by atomic mass is 10.2. The van der Waals surface area contributed by atoms with Gasteiger partial charge in [0.1, 0.15) is 5.75 Å². The molecule has 0 saturated carbocycles. The maximum Gasteiger partial charge on any atom is 0.319 e. The number of carbonyl (C=O) groups excluding carboxylic acids is 1. The number of hydrogen-bond acceptors (Lipinski definition) is 4. The summed E-state index contributed by atoms with van der Waals surface area (Å²) in [6.07, 6.45) is 0.917. The second kappa shape index (κ2) is 10.1. The van der Waals surface area contributed by atoms with E-state index in [0.29, 0.717) is 6.54 Å². The van der Waals surface area contributed by atoms with E-state index in [4.69, 9.17) is 4.74 Å². The van der Waals surface area contributed by atoms with Crippen molar-refractivity contribution in [3.8, 4) is 5.75 Å². The molecule has 0 spiro atoms. The van der Waals surface area contributed by atoms with Crippen LogP contribution in [0.2, 0.25) is 0 Å². The number of anilines is 3. The highest BCUT2D eigenvalue weighted by Crippen LogP contribution is 2.15. The lowest BCUT2D eigenvalue weighted by molar-refractivity contribution is 0.252. The first-order valence-electron chi connectivity index (χ1n) is 8.48. The molecule has 6 nitrogen and oxygen atoms in total. The Morgan fingerprint density at radius 3 is 1.88 bits per heavy atom. The highest BCUT2D eigenvalue weighted by atomic mass is 16.5. The molecule has 0 aliphatic carbocycles. The first kappa shape index (κ1) is 18.4. The quantitative estimate of drug-likeness (QED) is 0.524. The van der Waals surface area contributed by atoms with Gasteiger partial charge in [-0.3, -0.25) is 0 Å². The fraction of sp³-hybridized carbons (Fsp3) is 0.316. The average molecular weight is 342 g/mol. The molecule has 0 heterocycles. The highest BCUT2D eigenvalue weighted by Gasteiger charge is 2.00. The summed E-state index contributed by atoms with van der Waals surface area (Å²) < 4.78 is 5.14. The molecular formula is C19H26N4O2. The van der Waals surface area contributed by atoms with Crippen molar-refractivity contribution in [2.75, 3.05) is 42.7 Å². The molecule has 0 fully saturated rings. The van der Waals surface area contributed by atoms with Crippen LogP contribution in [0.1, 0.15) is 13.3 Å². The molecule has 0 aliphatic heterocycles. The number of urea groups is 1. The van der Waals surface area contributed by atoms with Crippen LogP contribution < -0.4 is 26.0 Å². The Balaban J connectivity index is 1.69. The van der Waals surface area contributed by atoms with Gasteiger partial charge in [0.2, 0.25) is 0 Å². The lowest BCUT2D eigenvalue weighted by Crippen LogP contribution is -2.29. The van der Waals surface area contributed by atoms with Crippen LogP contribution in [-0.4, -0.2) is 32.8 Å². The zero-order valence-electron chi connectivity index (χ0n) is 14.8. The standard InChI is InChI=1S/C19H26N4O2/c1-3-12-22-19(24)23-17-6-4-15(5-7-17)20-13-14-21-16-8-10-18(25-2)11-9-16/h4-11,20-21H,3,12-14H2,1-2H3,(H2,22,23,24). The van der Waals surface area contributed by atoms with Crippen LogP contribution in [-0.2, 0) is 0 Å². The van der Waals surface area contributed by atoms with Gasteiger partial charge in [0.15, 0.2) is 0 Å². The summed E-state index contributed by atoms with van der Waals surface area (Å²) in [5.74, 6) is 0.848. The molecule has 0 unspecified atom stereocenters. The Morgan fingerprint density at radius 2 is 1.36 bits per heavy atom. The van der Waals surface area contributed by atoms with Crippen molar-refractivity contribution < 1.29 is 9.53 Å². The molecule has 2 rings (SSSR count). The summed E-state index contributed by atoms with van der Waals surface area (Å²) in [4.78, 5) is 11.6. The number of amides is 2. The van der Waals surface area contributed by atoms with Crippen molar-refractivity contribution in [2.45, 2.75) is 13.3 Å². The van der Waals surface area contributed by atoms with E-state index in [1.165, 1.54) is 0 Å². The van der Waals surface area contributed by atoms with Gasteiger partial charge in [0.25, 0.3) is 0 Å². The van der Waals surface area contributed by atoms with Gasteiger partial charge in [-0.1, -0.05) is 6.92 Å². The van der Waals surface area contributed by atoms with Gasteiger partial charge in [-0.2, -0.15) is 0 Å². The highest BCUT2D eigenvalue weighted by molar-refractivity contribution is 5.89. The third-order valence-electron chi connectivity index (χ3n) is 3.55. The van der Waals surface area contributed by atoms with Crippen LogP contribution in [0.15, 0.2) is 48.5 Å². The van der Waals surface area contributed by atoms with Crippen LogP contribution in [0.5, 0.6) is 5.75 Å². The van der Waals surface area contributed by atoms with E-state index in [1.54, 1.807) is 7.11 Å². The van der Waals surface area contributed by atoms with Gasteiger partial charge in [-0.25, -0.2) is 4.79 Å². The number of methoxy groups -OCH3 is 1. The van der Waals surface area contributed by atoms with Crippen molar-refractivity contribution in [1.82, 2.24) is 5.32 Å². The predicted octanol–water partition coefficient (Wildman–Crippen LogP) is 3.75. The molecule has 25 heavy (non-hydrogen) atoms. The van der Waals surface area contributed by atoms with Crippen molar-refractivity contribution >= 4 is 23.1 Å². The molecule has 0 saturated heterocycles. The number of rotatable bonds is 9. The lowest BCUT2D eigenvalue weighted by Gasteiger charge is -2.11. The Kier molecular flexibility index (Phi) is 7.43. The normalized spacial score (nSPS) is 10.0. The molecule has 0 aliphatic rings. The molecule has 4 N–H and O–H groups in total. The minimum atomic E-state index is -0.175. The van der Waals surface area contributed by atoms with Gasteiger partial charge >= 0.3 is 6.03 Å². The summed E-state index contributed by atoms with van der Waals surface area (Å²) in [5.41, 5.74) is 2.84. The van der Waals surface area contributed by atoms with E-state index in [2.05, 4.69) is 21.3 Å². The number of nitrogens with one attached hydrogen (secondary N) is 4.